The van der Waals surface area contributed by atoms with Crippen LogP contribution in [-0.4, -0.2) is 28.0 Å². The number of anilines is 1. The summed E-state index contributed by atoms with van der Waals surface area (Å²) < 4.78 is 32.1. The van der Waals surface area contributed by atoms with Crippen molar-refractivity contribution in [1.82, 2.24) is 0 Å². The van der Waals surface area contributed by atoms with Gasteiger partial charge in [-0.1, -0.05) is 41.9 Å². The lowest BCUT2D eigenvalue weighted by Crippen LogP contribution is -2.30. The zero-order chi connectivity index (χ0) is 17.3. The molecule has 0 aliphatic carbocycles. The second-order valence-electron chi connectivity index (χ2n) is 5.50. The number of para-hydroxylation sites is 1. The Bertz CT molecular complexity index is 882. The summed E-state index contributed by atoms with van der Waals surface area (Å²) in [5, 5.41) is 0.173. The number of carbonyl (C=O) groups is 1. The second kappa shape index (κ2) is 6.45. The van der Waals surface area contributed by atoms with E-state index in [2.05, 4.69) is 0 Å². The van der Waals surface area contributed by atoms with E-state index in [1.165, 1.54) is 17.5 Å². The number of methoxy groups -OCH3 is 1. The highest BCUT2D eigenvalue weighted by Crippen LogP contribution is 2.41. The van der Waals surface area contributed by atoms with E-state index < -0.39 is 10.0 Å². The number of rotatable bonds is 4. The quantitative estimate of drug-likeness (QED) is 0.780. The van der Waals surface area contributed by atoms with Crippen molar-refractivity contribution in [3.8, 4) is 0 Å². The van der Waals surface area contributed by atoms with E-state index in [0.717, 1.165) is 5.56 Å². The van der Waals surface area contributed by atoms with E-state index in [1.807, 2.05) is 12.1 Å². The molecule has 0 saturated carbocycles. The normalized spacial score (nSPS) is 16.8. The Balaban J connectivity index is 2.04. The number of sulfonamides is 1. The summed E-state index contributed by atoms with van der Waals surface area (Å²) in [5.74, 6) is -0.613. The summed E-state index contributed by atoms with van der Waals surface area (Å²) in [6, 6.07) is 13.5. The molecule has 0 saturated heterocycles. The predicted molar refractivity (Wildman–Crippen MR) is 91.8 cm³/mol. The van der Waals surface area contributed by atoms with Crippen LogP contribution >= 0.6 is 11.6 Å². The van der Waals surface area contributed by atoms with Crippen LogP contribution in [0.25, 0.3) is 0 Å². The van der Waals surface area contributed by atoms with Gasteiger partial charge in [0.1, 0.15) is 4.90 Å². The molecule has 1 heterocycles. The zero-order valence-corrected chi connectivity index (χ0v) is 14.5. The minimum absolute atomic E-state index is 0.0557. The molecular weight excluding hydrogens is 350 g/mol. The summed E-state index contributed by atoms with van der Waals surface area (Å²) in [6.45, 7) is 0.183. The van der Waals surface area contributed by atoms with Gasteiger partial charge < -0.3 is 4.74 Å². The molecule has 5 nitrogen and oxygen atoms in total. The molecule has 1 unspecified atom stereocenters. The van der Waals surface area contributed by atoms with Gasteiger partial charge >= 0.3 is 5.97 Å². The van der Waals surface area contributed by atoms with Gasteiger partial charge in [0.2, 0.25) is 0 Å². The van der Waals surface area contributed by atoms with E-state index in [4.69, 9.17) is 16.3 Å². The fraction of sp³-hybridized carbons (Fsp3) is 0.235. The Morgan fingerprint density at radius 1 is 1.21 bits per heavy atom. The molecule has 126 valence electrons. The molecular formula is C17H16ClNO4S. The Kier molecular flexibility index (Phi) is 4.51. The number of hydrogen-bond acceptors (Lipinski definition) is 4. The van der Waals surface area contributed by atoms with Gasteiger partial charge in [-0.05, 0) is 23.8 Å². The van der Waals surface area contributed by atoms with Crippen LogP contribution in [0.4, 0.5) is 5.69 Å². The highest BCUT2D eigenvalue weighted by Gasteiger charge is 2.38. The SMILES string of the molecule is COC(=O)CC1CN(S(=O)(=O)c2ccccc2Cl)c2ccccc21. The molecule has 2 aromatic carbocycles. The summed E-state index contributed by atoms with van der Waals surface area (Å²) in [5.41, 5.74) is 1.39. The molecule has 1 aliphatic rings. The van der Waals surface area contributed by atoms with Crippen molar-refractivity contribution in [3.05, 3.63) is 59.1 Å². The van der Waals surface area contributed by atoms with Crippen LogP contribution in [0.2, 0.25) is 5.02 Å². The maximum Gasteiger partial charge on any atom is 0.306 e. The molecule has 0 fully saturated rings. The van der Waals surface area contributed by atoms with Gasteiger partial charge in [-0.25, -0.2) is 8.42 Å². The third-order valence-electron chi connectivity index (χ3n) is 4.08. The number of carbonyl (C=O) groups excluding carboxylic acids is 1. The van der Waals surface area contributed by atoms with E-state index >= 15 is 0 Å². The third kappa shape index (κ3) is 2.87. The van der Waals surface area contributed by atoms with Crippen molar-refractivity contribution < 1.29 is 17.9 Å². The van der Waals surface area contributed by atoms with Crippen molar-refractivity contribution in [2.75, 3.05) is 18.0 Å². The number of hydrogen-bond donors (Lipinski definition) is 0. The molecule has 1 atom stereocenters. The molecule has 2 aromatic rings. The molecule has 0 spiro atoms. The lowest BCUT2D eigenvalue weighted by atomic mass is 9.98. The highest BCUT2D eigenvalue weighted by atomic mass is 35.5. The lowest BCUT2D eigenvalue weighted by molar-refractivity contribution is -0.140. The minimum atomic E-state index is -3.81. The van der Waals surface area contributed by atoms with E-state index in [9.17, 15) is 13.2 Å². The number of benzene rings is 2. The van der Waals surface area contributed by atoms with E-state index in [1.54, 1.807) is 30.3 Å². The van der Waals surface area contributed by atoms with Crippen LogP contribution in [0, 0.1) is 0 Å². The molecule has 1 aliphatic heterocycles. The average molecular weight is 366 g/mol. The van der Waals surface area contributed by atoms with Gasteiger partial charge in [-0.15, -0.1) is 0 Å². The van der Waals surface area contributed by atoms with E-state index in [-0.39, 0.29) is 34.8 Å². The van der Waals surface area contributed by atoms with Gasteiger partial charge in [0, 0.05) is 12.5 Å². The molecule has 0 amide bonds. The van der Waals surface area contributed by atoms with Gasteiger partial charge in [0.15, 0.2) is 0 Å². The number of ether oxygens (including phenoxy) is 1. The van der Waals surface area contributed by atoms with Crippen molar-refractivity contribution in [3.63, 3.8) is 0 Å². The van der Waals surface area contributed by atoms with Crippen molar-refractivity contribution >= 4 is 33.3 Å². The fourth-order valence-electron chi connectivity index (χ4n) is 2.92. The molecule has 0 radical (unpaired) electrons. The maximum atomic E-state index is 13.0. The molecule has 24 heavy (non-hydrogen) atoms. The summed E-state index contributed by atoms with van der Waals surface area (Å²) in [4.78, 5) is 11.7. The summed E-state index contributed by atoms with van der Waals surface area (Å²) in [6.07, 6.45) is 0.127. The first-order chi connectivity index (χ1) is 11.4. The smallest absolute Gasteiger partial charge is 0.306 e. The predicted octanol–water partition coefficient (Wildman–Crippen LogP) is 3.20. The molecule has 0 bridgehead atoms. The fourth-order valence-corrected chi connectivity index (χ4v) is 4.95. The molecule has 0 N–H and O–H groups in total. The standard InChI is InChI=1S/C17H16ClNO4S/c1-23-17(20)10-12-11-19(15-8-4-2-6-13(12)15)24(21,22)16-9-5-3-7-14(16)18/h2-9,12H,10-11H2,1H3. The highest BCUT2D eigenvalue weighted by molar-refractivity contribution is 7.93. The monoisotopic (exact) mass is 365 g/mol. The van der Waals surface area contributed by atoms with Crippen molar-refractivity contribution in [2.45, 2.75) is 17.2 Å². The minimum Gasteiger partial charge on any atom is -0.469 e. The number of fused-ring (bicyclic) bond motifs is 1. The number of esters is 1. The van der Waals surface area contributed by atoms with Crippen LogP contribution in [0.1, 0.15) is 17.9 Å². The van der Waals surface area contributed by atoms with Crippen LogP contribution < -0.4 is 4.31 Å². The molecule has 0 aromatic heterocycles. The second-order valence-corrected chi connectivity index (χ2v) is 7.74. The molecule has 3 rings (SSSR count). The average Bonchev–Trinajstić information content (AvgIpc) is 2.94. The lowest BCUT2D eigenvalue weighted by Gasteiger charge is -2.20. The Hall–Kier alpha value is -2.05. The number of nitrogens with zero attached hydrogens (tertiary/aromatic N) is 1. The largest absolute Gasteiger partial charge is 0.469 e. The van der Waals surface area contributed by atoms with Gasteiger partial charge in [-0.2, -0.15) is 0 Å². The van der Waals surface area contributed by atoms with Crippen molar-refractivity contribution in [1.29, 1.82) is 0 Å². The van der Waals surface area contributed by atoms with Gasteiger partial charge in [0.05, 0.1) is 24.2 Å². The topological polar surface area (TPSA) is 63.7 Å². The van der Waals surface area contributed by atoms with Crippen LogP contribution in [0.5, 0.6) is 0 Å². The van der Waals surface area contributed by atoms with Crippen LogP contribution in [-0.2, 0) is 19.6 Å². The first-order valence-corrected chi connectivity index (χ1v) is 9.20. The first-order valence-electron chi connectivity index (χ1n) is 7.38. The van der Waals surface area contributed by atoms with Crippen molar-refractivity contribution in [2.24, 2.45) is 0 Å². The van der Waals surface area contributed by atoms with Crippen LogP contribution in [0.15, 0.2) is 53.4 Å². The Morgan fingerprint density at radius 2 is 1.88 bits per heavy atom. The summed E-state index contributed by atoms with van der Waals surface area (Å²) in [7, 11) is -2.49. The number of halogens is 1. The van der Waals surface area contributed by atoms with E-state index in [0.29, 0.717) is 5.69 Å². The zero-order valence-electron chi connectivity index (χ0n) is 13.0. The Morgan fingerprint density at radius 3 is 2.58 bits per heavy atom. The third-order valence-corrected chi connectivity index (χ3v) is 6.36. The molecule has 7 heteroatoms. The van der Waals surface area contributed by atoms with Crippen LogP contribution in [0.3, 0.4) is 0 Å². The Labute approximate surface area is 145 Å². The summed E-state index contributed by atoms with van der Waals surface area (Å²) >= 11 is 6.08. The maximum absolute atomic E-state index is 13.0. The van der Waals surface area contributed by atoms with Gasteiger partial charge in [0.25, 0.3) is 10.0 Å². The first kappa shape index (κ1) is 16.8. The van der Waals surface area contributed by atoms with Gasteiger partial charge in [-0.3, -0.25) is 9.10 Å².